The Morgan fingerprint density at radius 1 is 1.33 bits per heavy atom. The summed E-state index contributed by atoms with van der Waals surface area (Å²) in [6.45, 7) is 2.31. The van der Waals surface area contributed by atoms with Crippen molar-refractivity contribution in [2.45, 2.75) is 17.9 Å². The molecule has 3 nitrogen and oxygen atoms in total. The summed E-state index contributed by atoms with van der Waals surface area (Å²) < 4.78 is 0.516. The topological polar surface area (TPSA) is 38.3 Å². The van der Waals surface area contributed by atoms with E-state index in [1.807, 2.05) is 54.7 Å². The first-order valence-electron chi connectivity index (χ1n) is 6.06. The van der Waals surface area contributed by atoms with E-state index in [4.69, 9.17) is 4.84 Å². The molecule has 0 bridgehead atoms. The van der Waals surface area contributed by atoms with Crippen LogP contribution in [0.5, 0.6) is 0 Å². The van der Waals surface area contributed by atoms with Gasteiger partial charge in [-0.25, -0.2) is 5.48 Å². The molecule has 1 aromatic carbocycles. The minimum absolute atomic E-state index is 0.188. The molecule has 0 aliphatic carbocycles. The van der Waals surface area contributed by atoms with Gasteiger partial charge < -0.3 is 0 Å². The number of carbonyl (C=O) groups is 1. The third-order valence-electron chi connectivity index (χ3n) is 2.58. The van der Waals surface area contributed by atoms with Gasteiger partial charge in [0.25, 0.3) is 5.91 Å². The van der Waals surface area contributed by atoms with E-state index in [2.05, 4.69) is 5.48 Å². The van der Waals surface area contributed by atoms with E-state index >= 15 is 0 Å². The van der Waals surface area contributed by atoms with Gasteiger partial charge in [-0.05, 0) is 42.5 Å². The fourth-order valence-electron chi connectivity index (χ4n) is 1.67. The number of amides is 1. The molecule has 0 spiro atoms. The predicted octanol–water partition coefficient (Wildman–Crippen LogP) is 3.24. The molecule has 1 aliphatic rings. The van der Waals surface area contributed by atoms with E-state index in [-0.39, 0.29) is 5.91 Å². The van der Waals surface area contributed by atoms with Gasteiger partial charge in [-0.1, -0.05) is 12.1 Å². The molecule has 1 fully saturated rings. The molecule has 18 heavy (non-hydrogen) atoms. The fourth-order valence-corrected chi connectivity index (χ4v) is 4.56. The molecule has 0 atom stereocenters. The molecule has 0 radical (unpaired) electrons. The van der Waals surface area contributed by atoms with Crippen LogP contribution in [0, 0.1) is 0 Å². The minimum Gasteiger partial charge on any atom is -0.274 e. The summed E-state index contributed by atoms with van der Waals surface area (Å²) >= 11 is 3.96. The Bertz CT molecular complexity index is 388. The summed E-state index contributed by atoms with van der Waals surface area (Å²) in [6, 6.07) is 7.80. The first kappa shape index (κ1) is 13.8. The Labute approximate surface area is 116 Å². The van der Waals surface area contributed by atoms with Gasteiger partial charge in [-0.2, -0.15) is 0 Å². The van der Waals surface area contributed by atoms with Gasteiger partial charge in [-0.15, -0.1) is 23.5 Å². The zero-order chi connectivity index (χ0) is 12.8. The lowest BCUT2D eigenvalue weighted by Gasteiger charge is -2.21. The van der Waals surface area contributed by atoms with Crippen molar-refractivity contribution >= 4 is 29.4 Å². The van der Waals surface area contributed by atoms with Crippen LogP contribution < -0.4 is 5.48 Å². The van der Waals surface area contributed by atoms with Crippen molar-refractivity contribution < 1.29 is 9.63 Å². The summed E-state index contributed by atoms with van der Waals surface area (Å²) in [6.07, 6.45) is 1.29. The summed E-state index contributed by atoms with van der Waals surface area (Å²) in [4.78, 5) is 16.5. The van der Waals surface area contributed by atoms with Crippen LogP contribution >= 0.6 is 23.5 Å². The number of rotatable bonds is 4. The quantitative estimate of drug-likeness (QED) is 0.861. The maximum atomic E-state index is 11.6. The smallest absolute Gasteiger partial charge is 0.274 e. The number of thioether (sulfide) groups is 2. The molecule has 0 unspecified atom stereocenters. The summed E-state index contributed by atoms with van der Waals surface area (Å²) in [7, 11) is 0. The second kappa shape index (κ2) is 7.07. The SMILES string of the molecule is CCONC(=O)c1ccc(C2SCCCS2)cc1. The van der Waals surface area contributed by atoms with Crippen molar-refractivity contribution in [3.05, 3.63) is 35.4 Å². The molecule has 1 amide bonds. The summed E-state index contributed by atoms with van der Waals surface area (Å²) in [5.74, 6) is 2.27. The van der Waals surface area contributed by atoms with E-state index < -0.39 is 0 Å². The minimum atomic E-state index is -0.188. The highest BCUT2D eigenvalue weighted by molar-refractivity contribution is 8.16. The largest absolute Gasteiger partial charge is 0.274 e. The van der Waals surface area contributed by atoms with Crippen molar-refractivity contribution in [1.82, 2.24) is 5.48 Å². The summed E-state index contributed by atoms with van der Waals surface area (Å²) in [5.41, 5.74) is 4.32. The van der Waals surface area contributed by atoms with E-state index in [1.165, 1.54) is 23.5 Å². The van der Waals surface area contributed by atoms with Crippen LogP contribution in [0.3, 0.4) is 0 Å². The molecule has 0 aromatic heterocycles. The number of carbonyl (C=O) groups excluding carboxylic acids is 1. The van der Waals surface area contributed by atoms with Crippen LogP contribution in [0.2, 0.25) is 0 Å². The predicted molar refractivity (Wildman–Crippen MR) is 77.8 cm³/mol. The molecule has 1 saturated heterocycles. The van der Waals surface area contributed by atoms with E-state index in [1.54, 1.807) is 0 Å². The Balaban J connectivity index is 1.98. The first-order chi connectivity index (χ1) is 8.81. The Kier molecular flexibility index (Phi) is 5.41. The van der Waals surface area contributed by atoms with Gasteiger partial charge in [0, 0.05) is 5.56 Å². The second-order valence-electron chi connectivity index (χ2n) is 3.91. The summed E-state index contributed by atoms with van der Waals surface area (Å²) in [5, 5.41) is 0. The Hall–Kier alpha value is -0.650. The zero-order valence-electron chi connectivity index (χ0n) is 10.3. The van der Waals surface area contributed by atoms with Crippen LogP contribution in [0.15, 0.2) is 24.3 Å². The fraction of sp³-hybridized carbons (Fsp3) is 0.462. The highest BCUT2D eigenvalue weighted by Crippen LogP contribution is 2.43. The van der Waals surface area contributed by atoms with Gasteiger partial charge in [0.15, 0.2) is 0 Å². The maximum Gasteiger partial charge on any atom is 0.274 e. The van der Waals surface area contributed by atoms with Crippen LogP contribution in [0.1, 0.15) is 33.8 Å². The van der Waals surface area contributed by atoms with E-state index in [0.29, 0.717) is 16.8 Å². The van der Waals surface area contributed by atoms with Gasteiger partial charge in [-0.3, -0.25) is 9.63 Å². The van der Waals surface area contributed by atoms with Crippen molar-refractivity contribution in [2.24, 2.45) is 0 Å². The second-order valence-corrected chi connectivity index (χ2v) is 6.64. The highest BCUT2D eigenvalue weighted by atomic mass is 32.2. The third-order valence-corrected chi connectivity index (χ3v) is 5.60. The van der Waals surface area contributed by atoms with Gasteiger partial charge >= 0.3 is 0 Å². The highest BCUT2D eigenvalue weighted by Gasteiger charge is 2.16. The number of nitrogens with one attached hydrogen (secondary N) is 1. The lowest BCUT2D eigenvalue weighted by atomic mass is 10.1. The molecular weight excluding hydrogens is 266 g/mol. The number of hydroxylamine groups is 1. The molecular formula is C13H17NO2S2. The van der Waals surface area contributed by atoms with Crippen LogP contribution in [-0.4, -0.2) is 24.0 Å². The molecule has 1 N–H and O–H groups in total. The van der Waals surface area contributed by atoms with Crippen LogP contribution in [0.4, 0.5) is 0 Å². The normalized spacial score (nSPS) is 16.5. The molecule has 0 saturated carbocycles. The van der Waals surface area contributed by atoms with Crippen molar-refractivity contribution in [3.8, 4) is 0 Å². The molecule has 2 rings (SSSR count). The monoisotopic (exact) mass is 283 g/mol. The molecule has 98 valence electrons. The molecule has 1 aliphatic heterocycles. The van der Waals surface area contributed by atoms with Crippen molar-refractivity contribution in [1.29, 1.82) is 0 Å². The average molecular weight is 283 g/mol. The lowest BCUT2D eigenvalue weighted by Crippen LogP contribution is -2.23. The standard InChI is InChI=1S/C13H17NO2S2/c1-2-16-14-12(15)10-4-6-11(7-5-10)13-17-8-3-9-18-13/h4-7,13H,2-3,8-9H2,1H3,(H,14,15). The Morgan fingerprint density at radius 2 is 2.00 bits per heavy atom. The number of hydrogen-bond donors (Lipinski definition) is 1. The van der Waals surface area contributed by atoms with Crippen LogP contribution in [-0.2, 0) is 4.84 Å². The van der Waals surface area contributed by atoms with Gasteiger partial charge in [0.2, 0.25) is 0 Å². The molecule has 1 heterocycles. The lowest BCUT2D eigenvalue weighted by molar-refractivity contribution is 0.0364. The first-order valence-corrected chi connectivity index (χ1v) is 8.16. The van der Waals surface area contributed by atoms with Crippen molar-refractivity contribution in [3.63, 3.8) is 0 Å². The van der Waals surface area contributed by atoms with E-state index in [9.17, 15) is 4.79 Å². The zero-order valence-corrected chi connectivity index (χ0v) is 12.0. The number of hydrogen-bond acceptors (Lipinski definition) is 4. The number of benzene rings is 1. The molecule has 5 heteroatoms. The van der Waals surface area contributed by atoms with Gasteiger partial charge in [0.1, 0.15) is 0 Å². The van der Waals surface area contributed by atoms with E-state index in [0.717, 1.165) is 0 Å². The maximum absolute atomic E-state index is 11.6. The van der Waals surface area contributed by atoms with Gasteiger partial charge in [0.05, 0.1) is 11.2 Å². The molecule has 1 aromatic rings. The third kappa shape index (κ3) is 3.67. The van der Waals surface area contributed by atoms with Crippen molar-refractivity contribution in [2.75, 3.05) is 18.1 Å². The Morgan fingerprint density at radius 3 is 2.61 bits per heavy atom. The van der Waals surface area contributed by atoms with Crippen LogP contribution in [0.25, 0.3) is 0 Å². The average Bonchev–Trinajstić information content (AvgIpc) is 2.46.